The van der Waals surface area contributed by atoms with E-state index in [1.54, 1.807) is 12.1 Å². The zero-order chi connectivity index (χ0) is 16.2. The molecule has 0 amide bonds. The molecule has 1 heterocycles. The number of nitrogens with one attached hydrogen (secondary N) is 1. The maximum atomic E-state index is 12.4. The summed E-state index contributed by atoms with van der Waals surface area (Å²) < 4.78 is 27.9. The van der Waals surface area contributed by atoms with Crippen LogP contribution in [0.5, 0.6) is 0 Å². The second-order valence-electron chi connectivity index (χ2n) is 5.33. The van der Waals surface area contributed by atoms with Gasteiger partial charge in [-0.05, 0) is 31.9 Å². The molecule has 0 radical (unpaired) electrons. The fraction of sp³-hybridized carbons (Fsp3) is 0.571. The first-order valence-electron chi connectivity index (χ1n) is 6.78. The molecule has 0 fully saturated rings. The van der Waals surface area contributed by atoms with Gasteiger partial charge in [0.1, 0.15) is 4.21 Å². The summed E-state index contributed by atoms with van der Waals surface area (Å²) in [5, 5.41) is 10.3. The first-order valence-corrected chi connectivity index (χ1v) is 9.46. The molecule has 0 aliphatic rings. The van der Waals surface area contributed by atoms with Crippen molar-refractivity contribution in [3.63, 3.8) is 0 Å². The molecule has 120 valence electrons. The molecule has 0 aromatic carbocycles. The van der Waals surface area contributed by atoms with Gasteiger partial charge in [-0.15, -0.1) is 11.3 Å². The second kappa shape index (κ2) is 7.74. The van der Waals surface area contributed by atoms with Crippen molar-refractivity contribution in [1.29, 1.82) is 0 Å². The number of aliphatic hydroxyl groups excluding tert-OH is 1. The molecule has 1 unspecified atom stereocenters. The van der Waals surface area contributed by atoms with E-state index in [2.05, 4.69) is 4.72 Å². The van der Waals surface area contributed by atoms with Gasteiger partial charge in [-0.3, -0.25) is 0 Å². The predicted octanol–water partition coefficient (Wildman–Crippen LogP) is 3.42. The zero-order valence-electron chi connectivity index (χ0n) is 12.6. The van der Waals surface area contributed by atoms with Crippen molar-refractivity contribution in [3.8, 4) is 0 Å². The van der Waals surface area contributed by atoms with E-state index in [9.17, 15) is 13.5 Å². The average molecular weight is 352 g/mol. The van der Waals surface area contributed by atoms with E-state index in [1.165, 1.54) is 6.07 Å². The van der Waals surface area contributed by atoms with Crippen LogP contribution in [0.25, 0.3) is 0 Å². The van der Waals surface area contributed by atoms with Gasteiger partial charge in [0.15, 0.2) is 0 Å². The van der Waals surface area contributed by atoms with Gasteiger partial charge in [-0.2, -0.15) is 0 Å². The number of allylic oxidation sites excluding steroid dienone is 1. The van der Waals surface area contributed by atoms with Crippen molar-refractivity contribution in [1.82, 2.24) is 4.72 Å². The third-order valence-corrected chi connectivity index (χ3v) is 6.42. The molecule has 4 nitrogen and oxygen atoms in total. The maximum Gasteiger partial charge on any atom is 0.250 e. The molecule has 2 N–H and O–H groups in total. The van der Waals surface area contributed by atoms with Crippen molar-refractivity contribution >= 4 is 33.0 Å². The minimum absolute atomic E-state index is 0.000749. The topological polar surface area (TPSA) is 66.4 Å². The smallest absolute Gasteiger partial charge is 0.250 e. The summed E-state index contributed by atoms with van der Waals surface area (Å²) in [6, 6.07) is 2.44. The Bertz CT molecular complexity index is 591. The minimum Gasteiger partial charge on any atom is -0.387 e. The van der Waals surface area contributed by atoms with Gasteiger partial charge in [-0.1, -0.05) is 43.5 Å². The monoisotopic (exact) mass is 351 g/mol. The molecule has 1 rings (SSSR count). The highest BCUT2D eigenvalue weighted by Crippen LogP contribution is 2.26. The molecule has 0 spiro atoms. The summed E-state index contributed by atoms with van der Waals surface area (Å²) in [6.45, 7) is 7.61. The van der Waals surface area contributed by atoms with Gasteiger partial charge in [0, 0.05) is 0 Å². The standard InChI is InChI=1S/C14H22ClNO3S2/c1-5-10(4)14(11(17)8-9(2)3)16-21(18,19)13-7-6-12(15)20-13/h6-8,10-11,14,16-17H,5H2,1-4H3/t10-,11?,14-/m0/s1. The molecule has 1 aromatic heterocycles. The Morgan fingerprint density at radius 2 is 2.10 bits per heavy atom. The van der Waals surface area contributed by atoms with Gasteiger partial charge in [0.25, 0.3) is 0 Å². The molecular formula is C14H22ClNO3S2. The molecule has 0 bridgehead atoms. The minimum atomic E-state index is -3.68. The van der Waals surface area contributed by atoms with E-state index < -0.39 is 22.2 Å². The number of aliphatic hydroxyl groups is 1. The van der Waals surface area contributed by atoms with E-state index >= 15 is 0 Å². The van der Waals surface area contributed by atoms with Crippen LogP contribution in [0.2, 0.25) is 4.34 Å². The largest absolute Gasteiger partial charge is 0.387 e. The van der Waals surface area contributed by atoms with E-state index in [4.69, 9.17) is 11.6 Å². The van der Waals surface area contributed by atoms with Crippen LogP contribution in [0.3, 0.4) is 0 Å². The third kappa shape index (κ3) is 5.38. The fourth-order valence-electron chi connectivity index (χ4n) is 1.90. The zero-order valence-corrected chi connectivity index (χ0v) is 15.0. The molecule has 1 aromatic rings. The Kier molecular flexibility index (Phi) is 6.87. The van der Waals surface area contributed by atoms with Gasteiger partial charge in [0.2, 0.25) is 10.0 Å². The van der Waals surface area contributed by atoms with Crippen molar-refractivity contribution in [2.45, 2.75) is 50.5 Å². The highest BCUT2D eigenvalue weighted by atomic mass is 35.5. The van der Waals surface area contributed by atoms with Crippen LogP contribution in [0.4, 0.5) is 0 Å². The molecule has 7 heteroatoms. The van der Waals surface area contributed by atoms with Crippen LogP contribution >= 0.6 is 22.9 Å². The Balaban J connectivity index is 3.03. The normalized spacial score (nSPS) is 16.3. The lowest BCUT2D eigenvalue weighted by Gasteiger charge is -2.27. The lowest BCUT2D eigenvalue weighted by Crippen LogP contribution is -2.46. The maximum absolute atomic E-state index is 12.4. The first-order chi connectivity index (χ1) is 9.67. The highest BCUT2D eigenvalue weighted by molar-refractivity contribution is 7.91. The summed E-state index contributed by atoms with van der Waals surface area (Å²) in [5.74, 6) is 0.000749. The Morgan fingerprint density at radius 3 is 2.52 bits per heavy atom. The van der Waals surface area contributed by atoms with Crippen LogP contribution in [-0.4, -0.2) is 25.7 Å². The number of hydrogen-bond donors (Lipinski definition) is 2. The molecule has 21 heavy (non-hydrogen) atoms. The van der Waals surface area contributed by atoms with Gasteiger partial charge in [-0.25, -0.2) is 13.1 Å². The van der Waals surface area contributed by atoms with E-state index in [0.717, 1.165) is 23.3 Å². The number of thiophene rings is 1. The highest BCUT2D eigenvalue weighted by Gasteiger charge is 2.29. The summed E-state index contributed by atoms with van der Waals surface area (Å²) in [7, 11) is -3.68. The van der Waals surface area contributed by atoms with Gasteiger partial charge in [0.05, 0.1) is 16.5 Å². The van der Waals surface area contributed by atoms with Crippen LogP contribution in [-0.2, 0) is 10.0 Å². The third-order valence-electron chi connectivity index (χ3n) is 3.23. The average Bonchev–Trinajstić information content (AvgIpc) is 2.81. The second-order valence-corrected chi connectivity index (χ2v) is 8.98. The van der Waals surface area contributed by atoms with Gasteiger partial charge >= 0.3 is 0 Å². The summed E-state index contributed by atoms with van der Waals surface area (Å²) in [6.07, 6.45) is 1.56. The number of rotatable bonds is 7. The van der Waals surface area contributed by atoms with Crippen molar-refractivity contribution in [2.24, 2.45) is 5.92 Å². The number of sulfonamides is 1. The van der Waals surface area contributed by atoms with Crippen molar-refractivity contribution < 1.29 is 13.5 Å². The molecule has 0 aliphatic heterocycles. The molecule has 0 saturated carbocycles. The van der Waals surface area contributed by atoms with E-state index in [0.29, 0.717) is 4.34 Å². The van der Waals surface area contributed by atoms with Gasteiger partial charge < -0.3 is 5.11 Å². The quantitative estimate of drug-likeness (QED) is 0.739. The summed E-state index contributed by atoms with van der Waals surface area (Å²) >= 11 is 6.79. The van der Waals surface area contributed by atoms with E-state index in [1.807, 2.05) is 27.7 Å². The lowest BCUT2D eigenvalue weighted by atomic mass is 9.94. The lowest BCUT2D eigenvalue weighted by molar-refractivity contribution is 0.152. The number of hydrogen-bond acceptors (Lipinski definition) is 4. The SMILES string of the molecule is CC[C@H](C)[C@H](NS(=O)(=O)c1ccc(Cl)s1)C(O)C=C(C)C. The van der Waals surface area contributed by atoms with Crippen LogP contribution in [0, 0.1) is 5.92 Å². The fourth-order valence-corrected chi connectivity index (χ4v) is 4.76. The van der Waals surface area contributed by atoms with E-state index in [-0.39, 0.29) is 10.1 Å². The predicted molar refractivity (Wildman–Crippen MR) is 88.3 cm³/mol. The van der Waals surface area contributed by atoms with Crippen LogP contribution < -0.4 is 4.72 Å². The molecule has 0 saturated heterocycles. The Morgan fingerprint density at radius 1 is 1.48 bits per heavy atom. The number of halogens is 1. The molecule has 0 aliphatic carbocycles. The van der Waals surface area contributed by atoms with Crippen LogP contribution in [0.1, 0.15) is 34.1 Å². The molecule has 3 atom stereocenters. The Hall–Kier alpha value is -0.400. The Labute approximate surface area is 135 Å². The van der Waals surface area contributed by atoms with Crippen molar-refractivity contribution in [2.75, 3.05) is 0 Å². The first kappa shape index (κ1) is 18.6. The summed E-state index contributed by atoms with van der Waals surface area (Å²) in [5.41, 5.74) is 0.939. The summed E-state index contributed by atoms with van der Waals surface area (Å²) in [4.78, 5) is 0. The van der Waals surface area contributed by atoms with Crippen molar-refractivity contribution in [3.05, 3.63) is 28.1 Å². The molecular weight excluding hydrogens is 330 g/mol. The van der Waals surface area contributed by atoms with Crippen LogP contribution in [0.15, 0.2) is 28.0 Å².